The Morgan fingerprint density at radius 1 is 0.964 bits per heavy atom. The van der Waals surface area contributed by atoms with Crippen LogP contribution in [0.15, 0.2) is 60.7 Å². The first kappa shape index (κ1) is 19.4. The van der Waals surface area contributed by atoms with E-state index in [4.69, 9.17) is 4.74 Å². The molecule has 0 saturated heterocycles. The summed E-state index contributed by atoms with van der Waals surface area (Å²) in [4.78, 5) is 14.8. The molecule has 0 atom stereocenters. The molecule has 0 aliphatic carbocycles. The molecule has 2 N–H and O–H groups in total. The minimum Gasteiger partial charge on any atom is -0.508 e. The van der Waals surface area contributed by atoms with Gasteiger partial charge in [-0.05, 0) is 78.7 Å². The molecule has 0 spiro atoms. The lowest BCUT2D eigenvalue weighted by atomic mass is 10.0. The maximum atomic E-state index is 14.4. The summed E-state index contributed by atoms with van der Waals surface area (Å²) in [6.07, 6.45) is 0. The number of anilines is 2. The number of ether oxygens (including phenoxy) is 1. The Morgan fingerprint density at radius 3 is 1.93 bits per heavy atom. The molecule has 144 valence electrons. The smallest absolute Gasteiger partial charge is 0.263 e. The molecule has 0 saturated carbocycles. The lowest BCUT2D eigenvalue weighted by Crippen LogP contribution is -2.27. The standard InChI is InChI=1S/C22H20FNO4/c1-14-20(11-15(13-28-2)12-21(14)23)22(27)24(16-3-7-18(25)8-4-16)17-5-9-19(26)10-6-17/h3-12,25-26H,13H2,1-2H3. The highest BCUT2D eigenvalue weighted by atomic mass is 19.1. The molecule has 3 aromatic carbocycles. The molecular formula is C22H20FNO4. The average molecular weight is 381 g/mol. The van der Waals surface area contributed by atoms with Crippen LogP contribution < -0.4 is 4.90 Å². The van der Waals surface area contributed by atoms with Gasteiger partial charge in [0.05, 0.1) is 6.61 Å². The maximum absolute atomic E-state index is 14.4. The lowest BCUT2D eigenvalue weighted by molar-refractivity contribution is 0.0997. The molecule has 0 bridgehead atoms. The average Bonchev–Trinajstić information content (AvgIpc) is 2.68. The highest BCUT2D eigenvalue weighted by Crippen LogP contribution is 2.31. The topological polar surface area (TPSA) is 70.0 Å². The summed E-state index contributed by atoms with van der Waals surface area (Å²) in [7, 11) is 1.50. The molecule has 0 aliphatic heterocycles. The molecule has 3 rings (SSSR count). The number of amides is 1. The van der Waals surface area contributed by atoms with Crippen molar-refractivity contribution in [3.63, 3.8) is 0 Å². The fourth-order valence-electron chi connectivity index (χ4n) is 2.91. The number of hydrogen-bond donors (Lipinski definition) is 2. The summed E-state index contributed by atoms with van der Waals surface area (Å²) in [5.41, 5.74) is 1.96. The van der Waals surface area contributed by atoms with E-state index in [0.29, 0.717) is 16.9 Å². The zero-order valence-corrected chi connectivity index (χ0v) is 15.5. The van der Waals surface area contributed by atoms with Crippen molar-refractivity contribution in [3.8, 4) is 11.5 Å². The number of hydrogen-bond acceptors (Lipinski definition) is 4. The molecule has 0 radical (unpaired) electrons. The fraction of sp³-hybridized carbons (Fsp3) is 0.136. The van der Waals surface area contributed by atoms with Crippen LogP contribution in [0.3, 0.4) is 0 Å². The van der Waals surface area contributed by atoms with Crippen molar-refractivity contribution in [3.05, 3.63) is 83.2 Å². The molecule has 0 fully saturated rings. The van der Waals surface area contributed by atoms with Crippen molar-refractivity contribution in [2.24, 2.45) is 0 Å². The first-order valence-corrected chi connectivity index (χ1v) is 8.61. The number of rotatable bonds is 5. The van der Waals surface area contributed by atoms with Crippen LogP contribution >= 0.6 is 0 Å². The summed E-state index contributed by atoms with van der Waals surface area (Å²) in [5.74, 6) is -0.808. The normalized spacial score (nSPS) is 10.7. The van der Waals surface area contributed by atoms with Crippen LogP contribution in [-0.4, -0.2) is 23.2 Å². The van der Waals surface area contributed by atoms with Crippen LogP contribution in [0.4, 0.5) is 15.8 Å². The van der Waals surface area contributed by atoms with Crippen molar-refractivity contribution in [2.75, 3.05) is 12.0 Å². The molecule has 0 heterocycles. The zero-order chi connectivity index (χ0) is 20.3. The van der Waals surface area contributed by atoms with E-state index in [1.165, 1.54) is 42.3 Å². The predicted molar refractivity (Wildman–Crippen MR) is 105 cm³/mol. The summed E-state index contributed by atoms with van der Waals surface area (Å²) >= 11 is 0. The summed E-state index contributed by atoms with van der Waals surface area (Å²) in [6, 6.07) is 15.2. The molecule has 5 nitrogen and oxygen atoms in total. The summed E-state index contributed by atoms with van der Waals surface area (Å²) in [6.45, 7) is 1.72. The Labute approximate surface area is 162 Å². The van der Waals surface area contributed by atoms with E-state index < -0.39 is 11.7 Å². The second kappa shape index (κ2) is 8.10. The molecule has 0 unspecified atom stereocenters. The van der Waals surface area contributed by atoms with Gasteiger partial charge in [0, 0.05) is 24.0 Å². The lowest BCUT2D eigenvalue weighted by Gasteiger charge is -2.24. The molecule has 28 heavy (non-hydrogen) atoms. The Kier molecular flexibility index (Phi) is 5.61. The first-order valence-electron chi connectivity index (χ1n) is 8.61. The van der Waals surface area contributed by atoms with Crippen LogP contribution in [0.2, 0.25) is 0 Å². The van der Waals surface area contributed by atoms with Crippen LogP contribution in [-0.2, 0) is 11.3 Å². The Hall–Kier alpha value is -3.38. The van der Waals surface area contributed by atoms with E-state index in [1.807, 2.05) is 0 Å². The van der Waals surface area contributed by atoms with Gasteiger partial charge in [0.2, 0.25) is 0 Å². The number of phenolic OH excluding ortho intramolecular Hbond substituents is 2. The number of methoxy groups -OCH3 is 1. The van der Waals surface area contributed by atoms with Gasteiger partial charge in [-0.25, -0.2) is 4.39 Å². The highest BCUT2D eigenvalue weighted by Gasteiger charge is 2.23. The van der Waals surface area contributed by atoms with Crippen LogP contribution in [0.25, 0.3) is 0 Å². The molecule has 0 aromatic heterocycles. The Balaban J connectivity index is 2.14. The van der Waals surface area contributed by atoms with E-state index in [2.05, 4.69) is 0 Å². The summed E-state index contributed by atoms with van der Waals surface area (Å²) in [5, 5.41) is 19.2. The number of carbonyl (C=O) groups is 1. The van der Waals surface area contributed by atoms with Gasteiger partial charge < -0.3 is 14.9 Å². The van der Waals surface area contributed by atoms with Crippen LogP contribution in [0.1, 0.15) is 21.5 Å². The van der Waals surface area contributed by atoms with Gasteiger partial charge in [-0.15, -0.1) is 0 Å². The maximum Gasteiger partial charge on any atom is 0.263 e. The molecule has 6 heteroatoms. The Morgan fingerprint density at radius 2 is 1.46 bits per heavy atom. The predicted octanol–water partition coefficient (Wildman–Crippen LogP) is 4.67. The van der Waals surface area contributed by atoms with Gasteiger partial charge in [-0.3, -0.25) is 9.69 Å². The third-order valence-corrected chi connectivity index (χ3v) is 4.36. The van der Waals surface area contributed by atoms with E-state index >= 15 is 0 Å². The molecule has 3 aromatic rings. The SMILES string of the molecule is COCc1cc(F)c(C)c(C(=O)N(c2ccc(O)cc2)c2ccc(O)cc2)c1. The monoisotopic (exact) mass is 381 g/mol. The van der Waals surface area contributed by atoms with Crippen molar-refractivity contribution >= 4 is 17.3 Å². The third kappa shape index (κ3) is 3.97. The second-order valence-corrected chi connectivity index (χ2v) is 6.36. The van der Waals surface area contributed by atoms with E-state index in [0.717, 1.165) is 0 Å². The number of carbonyl (C=O) groups excluding carboxylic acids is 1. The number of aromatic hydroxyl groups is 2. The van der Waals surface area contributed by atoms with Gasteiger partial charge in [0.1, 0.15) is 17.3 Å². The fourth-order valence-corrected chi connectivity index (χ4v) is 2.91. The van der Waals surface area contributed by atoms with E-state index in [1.54, 1.807) is 37.3 Å². The minimum absolute atomic E-state index is 0.0613. The Bertz CT molecular complexity index is 939. The molecule has 1 amide bonds. The number of nitrogens with zero attached hydrogens (tertiary/aromatic N) is 1. The quantitative estimate of drug-likeness (QED) is 0.674. The van der Waals surface area contributed by atoms with Gasteiger partial charge >= 0.3 is 0 Å². The first-order chi connectivity index (χ1) is 13.4. The van der Waals surface area contributed by atoms with Gasteiger partial charge in [0.25, 0.3) is 5.91 Å². The van der Waals surface area contributed by atoms with Crippen molar-refractivity contribution in [1.29, 1.82) is 0 Å². The van der Waals surface area contributed by atoms with Gasteiger partial charge in [-0.1, -0.05) is 0 Å². The number of benzene rings is 3. The third-order valence-electron chi connectivity index (χ3n) is 4.36. The number of phenols is 2. The highest BCUT2D eigenvalue weighted by molar-refractivity contribution is 6.11. The summed E-state index contributed by atoms with van der Waals surface area (Å²) < 4.78 is 19.5. The van der Waals surface area contributed by atoms with Gasteiger partial charge in [0.15, 0.2) is 0 Å². The van der Waals surface area contributed by atoms with Crippen molar-refractivity contribution in [1.82, 2.24) is 0 Å². The van der Waals surface area contributed by atoms with E-state index in [-0.39, 0.29) is 29.2 Å². The second-order valence-electron chi connectivity index (χ2n) is 6.36. The van der Waals surface area contributed by atoms with Crippen molar-refractivity contribution in [2.45, 2.75) is 13.5 Å². The van der Waals surface area contributed by atoms with Crippen LogP contribution in [0.5, 0.6) is 11.5 Å². The number of halogens is 1. The molecule has 0 aliphatic rings. The van der Waals surface area contributed by atoms with E-state index in [9.17, 15) is 19.4 Å². The minimum atomic E-state index is -0.491. The molecular weight excluding hydrogens is 361 g/mol. The van der Waals surface area contributed by atoms with Gasteiger partial charge in [-0.2, -0.15) is 0 Å². The van der Waals surface area contributed by atoms with Crippen molar-refractivity contribution < 1.29 is 24.1 Å². The van der Waals surface area contributed by atoms with Crippen LogP contribution in [0, 0.1) is 12.7 Å². The zero-order valence-electron chi connectivity index (χ0n) is 15.5. The largest absolute Gasteiger partial charge is 0.508 e.